The molecule has 1 aliphatic rings. The SMILES string of the molecule is CCC(O)N1CCN(C(=O)c2cc3c(C(=O)Cc4c(Cl)cncc4Cl)ccc(OC)c3o2)CC1. The summed E-state index contributed by atoms with van der Waals surface area (Å²) in [6.45, 7) is 3.99. The standard InChI is InChI=1S/C24H25Cl2N3O5/c1-3-22(31)28-6-8-29(9-7-28)24(32)21-11-15-14(4-5-20(33-2)23(15)34-21)19(30)10-16-17(25)12-27-13-18(16)26/h4-5,11-13,22,31H,3,6-10H2,1-2H3. The van der Waals surface area contributed by atoms with Crippen molar-refractivity contribution in [2.24, 2.45) is 0 Å². The molecule has 34 heavy (non-hydrogen) atoms. The number of nitrogens with zero attached hydrogens (tertiary/aromatic N) is 3. The molecule has 1 saturated heterocycles. The van der Waals surface area contributed by atoms with Crippen molar-refractivity contribution in [1.29, 1.82) is 0 Å². The summed E-state index contributed by atoms with van der Waals surface area (Å²) in [5.74, 6) is 0.0339. The third-order valence-corrected chi connectivity index (χ3v) is 6.71. The minimum atomic E-state index is -0.510. The zero-order valence-corrected chi connectivity index (χ0v) is 20.4. The fourth-order valence-corrected chi connectivity index (χ4v) is 4.61. The van der Waals surface area contributed by atoms with Gasteiger partial charge in [0.05, 0.1) is 17.2 Å². The van der Waals surface area contributed by atoms with E-state index in [0.717, 1.165) is 0 Å². The molecule has 0 saturated carbocycles. The summed E-state index contributed by atoms with van der Waals surface area (Å²) in [7, 11) is 1.50. The summed E-state index contributed by atoms with van der Waals surface area (Å²) in [5, 5.41) is 11.1. The zero-order chi connectivity index (χ0) is 24.4. The van der Waals surface area contributed by atoms with Crippen molar-refractivity contribution >= 4 is 45.9 Å². The van der Waals surface area contributed by atoms with E-state index in [9.17, 15) is 14.7 Å². The van der Waals surface area contributed by atoms with Gasteiger partial charge in [0.25, 0.3) is 5.91 Å². The van der Waals surface area contributed by atoms with Crippen LogP contribution in [0.25, 0.3) is 11.0 Å². The Labute approximate surface area is 207 Å². The number of hydrogen-bond acceptors (Lipinski definition) is 7. The molecule has 3 aromatic rings. The summed E-state index contributed by atoms with van der Waals surface area (Å²) in [6, 6.07) is 4.85. The molecule has 4 rings (SSSR count). The van der Waals surface area contributed by atoms with E-state index in [-0.39, 0.29) is 23.9 Å². The number of methoxy groups -OCH3 is 1. The highest BCUT2D eigenvalue weighted by Gasteiger charge is 2.28. The van der Waals surface area contributed by atoms with Gasteiger partial charge < -0.3 is 19.2 Å². The van der Waals surface area contributed by atoms with Crippen LogP contribution in [0.2, 0.25) is 10.0 Å². The number of fused-ring (bicyclic) bond motifs is 1. The molecule has 1 unspecified atom stereocenters. The summed E-state index contributed by atoms with van der Waals surface area (Å²) in [4.78, 5) is 33.9. The first kappa shape index (κ1) is 24.5. The van der Waals surface area contributed by atoms with Crippen LogP contribution in [0.5, 0.6) is 5.75 Å². The van der Waals surface area contributed by atoms with Gasteiger partial charge in [-0.25, -0.2) is 0 Å². The molecule has 1 fully saturated rings. The molecule has 0 radical (unpaired) electrons. The van der Waals surface area contributed by atoms with Gasteiger partial charge in [0, 0.05) is 61.5 Å². The third-order valence-electron chi connectivity index (χ3n) is 6.06. The number of furan rings is 1. The number of aliphatic hydroxyl groups excluding tert-OH is 1. The second-order valence-electron chi connectivity index (χ2n) is 8.07. The van der Waals surface area contributed by atoms with Gasteiger partial charge in [-0.05, 0) is 24.6 Å². The maximum absolute atomic E-state index is 13.2. The summed E-state index contributed by atoms with van der Waals surface area (Å²) in [5.41, 5.74) is 1.18. The number of carbonyl (C=O) groups excluding carboxylic acids is 2. The average molecular weight is 506 g/mol. The van der Waals surface area contributed by atoms with Crippen molar-refractivity contribution in [3.8, 4) is 5.75 Å². The number of Topliss-reactive ketones (excluding diaryl/α,β-unsaturated/α-hetero) is 1. The van der Waals surface area contributed by atoms with Crippen LogP contribution in [-0.2, 0) is 6.42 Å². The number of piperazine rings is 1. The fraction of sp³-hybridized carbons (Fsp3) is 0.375. The van der Waals surface area contributed by atoms with Crippen molar-refractivity contribution in [2.75, 3.05) is 33.3 Å². The van der Waals surface area contributed by atoms with E-state index in [1.165, 1.54) is 19.5 Å². The first-order valence-electron chi connectivity index (χ1n) is 11.0. The van der Waals surface area contributed by atoms with Crippen LogP contribution in [0.4, 0.5) is 0 Å². The van der Waals surface area contributed by atoms with Gasteiger partial charge in [0.1, 0.15) is 6.23 Å². The predicted octanol–water partition coefficient (Wildman–Crippen LogP) is 4.05. The molecule has 1 amide bonds. The smallest absolute Gasteiger partial charge is 0.289 e. The van der Waals surface area contributed by atoms with Crippen molar-refractivity contribution in [2.45, 2.75) is 26.0 Å². The van der Waals surface area contributed by atoms with Crippen molar-refractivity contribution in [3.63, 3.8) is 0 Å². The lowest BCUT2D eigenvalue weighted by Gasteiger charge is -2.36. The maximum atomic E-state index is 13.2. The highest BCUT2D eigenvalue weighted by Crippen LogP contribution is 2.34. The fourth-order valence-electron chi connectivity index (χ4n) is 4.11. The van der Waals surface area contributed by atoms with Crippen LogP contribution in [-0.4, -0.2) is 71.1 Å². The Kier molecular flexibility index (Phi) is 7.42. The third kappa shape index (κ3) is 4.77. The Morgan fingerprint density at radius 2 is 1.85 bits per heavy atom. The maximum Gasteiger partial charge on any atom is 0.289 e. The predicted molar refractivity (Wildman–Crippen MR) is 129 cm³/mol. The van der Waals surface area contributed by atoms with Crippen LogP contribution in [0.15, 0.2) is 35.0 Å². The number of aromatic nitrogens is 1. The molecule has 8 nitrogen and oxygen atoms in total. The first-order valence-corrected chi connectivity index (χ1v) is 11.7. The number of benzene rings is 1. The van der Waals surface area contributed by atoms with Crippen LogP contribution < -0.4 is 4.74 Å². The Hall–Kier alpha value is -2.65. The molecule has 1 atom stereocenters. The highest BCUT2D eigenvalue weighted by molar-refractivity contribution is 6.36. The summed E-state index contributed by atoms with van der Waals surface area (Å²) >= 11 is 12.4. The molecule has 1 aliphatic heterocycles. The topological polar surface area (TPSA) is 96.1 Å². The number of rotatable bonds is 7. The number of hydrogen-bond donors (Lipinski definition) is 1. The van der Waals surface area contributed by atoms with Gasteiger partial charge in [-0.2, -0.15) is 0 Å². The second kappa shape index (κ2) is 10.3. The zero-order valence-electron chi connectivity index (χ0n) is 18.9. The van der Waals surface area contributed by atoms with Crippen molar-refractivity contribution < 1.29 is 23.8 Å². The van der Waals surface area contributed by atoms with E-state index in [1.54, 1.807) is 23.1 Å². The molecular formula is C24H25Cl2N3O5. The molecule has 0 spiro atoms. The number of ether oxygens (including phenoxy) is 1. The normalized spacial score (nSPS) is 15.5. The summed E-state index contributed by atoms with van der Waals surface area (Å²) in [6.07, 6.45) is 2.96. The highest BCUT2D eigenvalue weighted by atomic mass is 35.5. The van der Waals surface area contributed by atoms with E-state index < -0.39 is 6.23 Å². The number of carbonyl (C=O) groups is 2. The Morgan fingerprint density at radius 1 is 1.18 bits per heavy atom. The number of pyridine rings is 1. The van der Waals surface area contributed by atoms with Gasteiger partial charge in [-0.1, -0.05) is 30.1 Å². The number of ketones is 1. The lowest BCUT2D eigenvalue weighted by molar-refractivity contribution is -0.0241. The lowest BCUT2D eigenvalue weighted by atomic mass is 10.00. The molecule has 10 heteroatoms. The minimum Gasteiger partial charge on any atom is -0.493 e. The second-order valence-corrected chi connectivity index (χ2v) is 8.88. The van der Waals surface area contributed by atoms with Gasteiger partial charge >= 0.3 is 0 Å². The van der Waals surface area contributed by atoms with Crippen LogP contribution in [0.1, 0.15) is 39.8 Å². The van der Waals surface area contributed by atoms with Crippen LogP contribution in [0.3, 0.4) is 0 Å². The number of halogens is 2. The van der Waals surface area contributed by atoms with E-state index in [0.29, 0.717) is 70.5 Å². The molecule has 2 aromatic heterocycles. The minimum absolute atomic E-state index is 0.0300. The van der Waals surface area contributed by atoms with Crippen molar-refractivity contribution in [1.82, 2.24) is 14.8 Å². The lowest BCUT2D eigenvalue weighted by Crippen LogP contribution is -2.51. The first-order chi connectivity index (χ1) is 16.3. The quantitative estimate of drug-likeness (QED) is 0.483. The largest absolute Gasteiger partial charge is 0.493 e. The molecule has 3 heterocycles. The van der Waals surface area contributed by atoms with Crippen LogP contribution in [0, 0.1) is 0 Å². The van der Waals surface area contributed by atoms with Gasteiger partial charge in [-0.15, -0.1) is 0 Å². The van der Waals surface area contributed by atoms with Gasteiger partial charge in [0.15, 0.2) is 22.9 Å². The number of amides is 1. The molecule has 1 N–H and O–H groups in total. The molecular weight excluding hydrogens is 481 g/mol. The summed E-state index contributed by atoms with van der Waals surface area (Å²) < 4.78 is 11.3. The van der Waals surface area contributed by atoms with Crippen LogP contribution >= 0.6 is 23.2 Å². The molecule has 180 valence electrons. The van der Waals surface area contributed by atoms with Gasteiger partial charge in [0.2, 0.25) is 0 Å². The molecule has 0 bridgehead atoms. The monoisotopic (exact) mass is 505 g/mol. The Balaban J connectivity index is 1.62. The van der Waals surface area contributed by atoms with E-state index in [4.69, 9.17) is 32.4 Å². The Bertz CT molecular complexity index is 1200. The van der Waals surface area contributed by atoms with E-state index in [1.807, 2.05) is 11.8 Å². The van der Waals surface area contributed by atoms with Gasteiger partial charge in [-0.3, -0.25) is 19.5 Å². The Morgan fingerprint density at radius 3 is 2.47 bits per heavy atom. The molecule has 1 aromatic carbocycles. The average Bonchev–Trinajstić information content (AvgIpc) is 3.30. The van der Waals surface area contributed by atoms with E-state index >= 15 is 0 Å². The molecule has 0 aliphatic carbocycles. The number of aliphatic hydroxyl groups is 1. The van der Waals surface area contributed by atoms with E-state index in [2.05, 4.69) is 4.98 Å². The van der Waals surface area contributed by atoms with Crippen molar-refractivity contribution in [3.05, 3.63) is 57.5 Å².